The molecule has 1 aliphatic rings. The maximum absolute atomic E-state index is 12.4. The van der Waals surface area contributed by atoms with E-state index in [1.54, 1.807) is 24.3 Å². The standard InChI is InChI=1S/C27H30Cl2N2O4/c1-35-27(34)7-5-3-2-4-6-25(32)31-24-12-10-19-14-18(8-11-23(19)24)9-13-26(33)30-22-16-20(28)15-21(29)17-22/h8-9,11,13-17,24H,2-7,10,12H2,1H3,(H,30,33)(H,31,32). The number of hydrogen-bond donors (Lipinski definition) is 2. The lowest BCUT2D eigenvalue weighted by Gasteiger charge is -2.14. The molecule has 0 aliphatic heterocycles. The highest BCUT2D eigenvalue weighted by Gasteiger charge is 2.23. The first-order chi connectivity index (χ1) is 16.8. The van der Waals surface area contributed by atoms with Crippen LogP contribution in [0.3, 0.4) is 0 Å². The number of nitrogens with one attached hydrogen (secondary N) is 2. The average Bonchev–Trinajstić information content (AvgIpc) is 3.20. The number of benzene rings is 2. The van der Waals surface area contributed by atoms with Gasteiger partial charge in [-0.2, -0.15) is 0 Å². The van der Waals surface area contributed by atoms with Gasteiger partial charge in [-0.05, 0) is 66.6 Å². The minimum Gasteiger partial charge on any atom is -0.469 e. The van der Waals surface area contributed by atoms with Crippen molar-refractivity contribution in [3.05, 3.63) is 69.2 Å². The van der Waals surface area contributed by atoms with Crippen LogP contribution in [0.2, 0.25) is 10.0 Å². The smallest absolute Gasteiger partial charge is 0.305 e. The quantitative estimate of drug-likeness (QED) is 0.209. The van der Waals surface area contributed by atoms with Crippen LogP contribution in [0.1, 0.15) is 67.7 Å². The molecule has 35 heavy (non-hydrogen) atoms. The molecule has 2 amide bonds. The molecule has 2 N–H and O–H groups in total. The first-order valence-corrected chi connectivity index (χ1v) is 12.5. The van der Waals surface area contributed by atoms with Gasteiger partial charge in [0.25, 0.3) is 0 Å². The Hall–Kier alpha value is -2.83. The number of carbonyl (C=O) groups is 3. The number of ether oxygens (including phenoxy) is 1. The molecule has 2 aromatic rings. The van der Waals surface area contributed by atoms with Gasteiger partial charge in [0.15, 0.2) is 0 Å². The highest BCUT2D eigenvalue weighted by molar-refractivity contribution is 6.35. The molecule has 6 nitrogen and oxygen atoms in total. The van der Waals surface area contributed by atoms with Crippen molar-refractivity contribution >= 4 is 52.7 Å². The fourth-order valence-corrected chi connectivity index (χ4v) is 4.68. The molecule has 8 heteroatoms. The number of hydrogen-bond acceptors (Lipinski definition) is 4. The Kier molecular flexibility index (Phi) is 10.2. The van der Waals surface area contributed by atoms with Gasteiger partial charge in [-0.15, -0.1) is 0 Å². The van der Waals surface area contributed by atoms with Gasteiger partial charge in [-0.25, -0.2) is 0 Å². The highest BCUT2D eigenvalue weighted by Crippen LogP contribution is 2.32. The fourth-order valence-electron chi connectivity index (χ4n) is 4.15. The van der Waals surface area contributed by atoms with Gasteiger partial charge in [-0.3, -0.25) is 14.4 Å². The molecule has 0 aromatic heterocycles. The van der Waals surface area contributed by atoms with E-state index in [0.717, 1.165) is 49.7 Å². The lowest BCUT2D eigenvalue weighted by atomic mass is 10.0. The number of rotatable bonds is 11. The molecule has 1 unspecified atom stereocenters. The largest absolute Gasteiger partial charge is 0.469 e. The average molecular weight is 517 g/mol. The summed E-state index contributed by atoms with van der Waals surface area (Å²) >= 11 is 11.9. The number of esters is 1. The number of unbranched alkanes of at least 4 members (excludes halogenated alkanes) is 3. The van der Waals surface area contributed by atoms with Crippen molar-refractivity contribution < 1.29 is 19.1 Å². The third-order valence-corrected chi connectivity index (χ3v) is 6.34. The van der Waals surface area contributed by atoms with Gasteiger partial charge >= 0.3 is 5.97 Å². The summed E-state index contributed by atoms with van der Waals surface area (Å²) in [6.45, 7) is 0. The summed E-state index contributed by atoms with van der Waals surface area (Å²) in [5.74, 6) is -0.413. The predicted octanol–water partition coefficient (Wildman–Crippen LogP) is 6.26. The van der Waals surface area contributed by atoms with E-state index in [9.17, 15) is 14.4 Å². The van der Waals surface area contributed by atoms with Crippen molar-refractivity contribution in [2.75, 3.05) is 12.4 Å². The van der Waals surface area contributed by atoms with Crippen LogP contribution in [-0.2, 0) is 25.5 Å². The summed E-state index contributed by atoms with van der Waals surface area (Å²) in [5, 5.41) is 6.79. The Morgan fingerprint density at radius 3 is 2.43 bits per heavy atom. The van der Waals surface area contributed by atoms with Crippen molar-refractivity contribution in [3.8, 4) is 0 Å². The number of anilines is 1. The van der Waals surface area contributed by atoms with E-state index in [1.807, 2.05) is 12.1 Å². The molecule has 0 bridgehead atoms. The SMILES string of the molecule is COC(=O)CCCCCCC(=O)NC1CCc2cc(C=CC(=O)Nc3cc(Cl)cc(Cl)c3)ccc21. The molecule has 0 saturated heterocycles. The minimum absolute atomic E-state index is 0.0192. The monoisotopic (exact) mass is 516 g/mol. The van der Waals surface area contributed by atoms with Gasteiger partial charge in [-0.1, -0.05) is 54.2 Å². The molecule has 1 aliphatic carbocycles. The molecule has 1 atom stereocenters. The summed E-state index contributed by atoms with van der Waals surface area (Å²) < 4.78 is 4.63. The van der Waals surface area contributed by atoms with Crippen LogP contribution < -0.4 is 10.6 Å². The lowest BCUT2D eigenvalue weighted by Crippen LogP contribution is -2.26. The first-order valence-electron chi connectivity index (χ1n) is 11.8. The van der Waals surface area contributed by atoms with Crippen molar-refractivity contribution in [1.82, 2.24) is 5.32 Å². The summed E-state index contributed by atoms with van der Waals surface area (Å²) in [6, 6.07) is 10.9. The second-order valence-corrected chi connectivity index (χ2v) is 9.46. The molecule has 0 fully saturated rings. The second kappa shape index (κ2) is 13.3. The van der Waals surface area contributed by atoms with Gasteiger partial charge in [0.1, 0.15) is 0 Å². The van der Waals surface area contributed by atoms with E-state index in [1.165, 1.54) is 18.7 Å². The van der Waals surface area contributed by atoms with E-state index >= 15 is 0 Å². The third-order valence-electron chi connectivity index (χ3n) is 5.90. The van der Waals surface area contributed by atoms with Crippen LogP contribution in [-0.4, -0.2) is 24.9 Å². The molecule has 186 valence electrons. The van der Waals surface area contributed by atoms with E-state index in [-0.39, 0.29) is 23.8 Å². The van der Waals surface area contributed by atoms with Crippen LogP contribution in [0.25, 0.3) is 6.08 Å². The van der Waals surface area contributed by atoms with Crippen molar-refractivity contribution in [2.45, 2.75) is 57.4 Å². The number of halogens is 2. The highest BCUT2D eigenvalue weighted by atomic mass is 35.5. The Labute approximate surface area is 216 Å². The molecular formula is C27H30Cl2N2O4. The molecule has 0 radical (unpaired) electrons. The topological polar surface area (TPSA) is 84.5 Å². The van der Waals surface area contributed by atoms with Gasteiger partial charge in [0, 0.05) is 34.7 Å². The zero-order chi connectivity index (χ0) is 25.2. The van der Waals surface area contributed by atoms with Gasteiger partial charge in [0.2, 0.25) is 11.8 Å². The number of amides is 2. The van der Waals surface area contributed by atoms with Crippen LogP contribution in [0.5, 0.6) is 0 Å². The Morgan fingerprint density at radius 2 is 1.71 bits per heavy atom. The third kappa shape index (κ3) is 8.71. The van der Waals surface area contributed by atoms with Crippen LogP contribution in [0.4, 0.5) is 5.69 Å². The van der Waals surface area contributed by atoms with E-state index in [4.69, 9.17) is 23.2 Å². The summed E-state index contributed by atoms with van der Waals surface area (Å²) in [5.41, 5.74) is 3.77. The zero-order valence-corrected chi connectivity index (χ0v) is 21.3. The van der Waals surface area contributed by atoms with Crippen LogP contribution in [0, 0.1) is 0 Å². The maximum atomic E-state index is 12.4. The minimum atomic E-state index is -0.278. The molecule has 0 heterocycles. The lowest BCUT2D eigenvalue weighted by molar-refractivity contribution is -0.140. The molecule has 2 aromatic carbocycles. The fraction of sp³-hybridized carbons (Fsp3) is 0.370. The Morgan fingerprint density at radius 1 is 1.00 bits per heavy atom. The summed E-state index contributed by atoms with van der Waals surface area (Å²) in [6.07, 6.45) is 9.31. The van der Waals surface area contributed by atoms with E-state index < -0.39 is 0 Å². The first kappa shape index (κ1) is 26.8. The Bertz CT molecular complexity index is 1080. The summed E-state index contributed by atoms with van der Waals surface area (Å²) in [4.78, 5) is 35.7. The van der Waals surface area contributed by atoms with Crippen LogP contribution in [0.15, 0.2) is 42.5 Å². The van der Waals surface area contributed by atoms with Crippen LogP contribution >= 0.6 is 23.2 Å². The number of methoxy groups -OCH3 is 1. The summed E-state index contributed by atoms with van der Waals surface area (Å²) in [7, 11) is 1.39. The number of carbonyl (C=O) groups excluding carboxylic acids is 3. The molecular weight excluding hydrogens is 487 g/mol. The van der Waals surface area contributed by atoms with E-state index in [0.29, 0.717) is 28.6 Å². The molecule has 0 spiro atoms. The van der Waals surface area contributed by atoms with Crippen molar-refractivity contribution in [3.63, 3.8) is 0 Å². The predicted molar refractivity (Wildman–Crippen MR) is 139 cm³/mol. The van der Waals surface area contributed by atoms with Gasteiger partial charge in [0.05, 0.1) is 13.2 Å². The maximum Gasteiger partial charge on any atom is 0.305 e. The second-order valence-electron chi connectivity index (χ2n) is 8.59. The molecule has 3 rings (SSSR count). The molecule has 0 saturated carbocycles. The number of fused-ring (bicyclic) bond motifs is 1. The zero-order valence-electron chi connectivity index (χ0n) is 19.7. The van der Waals surface area contributed by atoms with Gasteiger partial charge < -0.3 is 15.4 Å². The van der Waals surface area contributed by atoms with Crippen molar-refractivity contribution in [1.29, 1.82) is 0 Å². The normalized spacial score (nSPS) is 14.5. The Balaban J connectivity index is 1.45. The van der Waals surface area contributed by atoms with E-state index in [2.05, 4.69) is 21.4 Å². The van der Waals surface area contributed by atoms with Crippen molar-refractivity contribution in [2.24, 2.45) is 0 Å². The number of aryl methyl sites for hydroxylation is 1.